The van der Waals surface area contributed by atoms with Crippen LogP contribution in [0.25, 0.3) is 0 Å². The quantitative estimate of drug-likeness (QED) is 0.747. The molecule has 0 aliphatic heterocycles. The van der Waals surface area contributed by atoms with Crippen LogP contribution in [0.15, 0.2) is 17.0 Å². The topological polar surface area (TPSA) is 61.4 Å². The fraction of sp³-hybridized carbons (Fsp3) is 0.538. The van der Waals surface area contributed by atoms with E-state index in [1.165, 1.54) is 0 Å². The van der Waals surface area contributed by atoms with Crippen LogP contribution in [0.5, 0.6) is 0 Å². The number of hydrogen-bond donors (Lipinski definition) is 2. The van der Waals surface area contributed by atoms with Crippen LogP contribution in [0.2, 0.25) is 0 Å². The van der Waals surface area contributed by atoms with Crippen molar-refractivity contribution in [1.82, 2.24) is 14.9 Å². The first kappa shape index (κ1) is 18.0. The van der Waals surface area contributed by atoms with Crippen molar-refractivity contribution >= 4 is 10.0 Å². The number of hydrogen-bond acceptors (Lipinski definition) is 4. The molecule has 0 saturated heterocycles. The van der Waals surface area contributed by atoms with E-state index >= 15 is 0 Å². The predicted octanol–water partition coefficient (Wildman–Crippen LogP) is 0.914. The second-order valence-corrected chi connectivity index (χ2v) is 6.55. The lowest BCUT2D eigenvalue weighted by molar-refractivity contribution is 0.412. The van der Waals surface area contributed by atoms with Crippen molar-refractivity contribution in [2.75, 3.05) is 33.7 Å². The highest BCUT2D eigenvalue weighted by Gasteiger charge is 2.23. The monoisotopic (exact) mass is 321 g/mol. The molecule has 0 aromatic heterocycles. The Bertz CT molecular complexity index is 577. The summed E-state index contributed by atoms with van der Waals surface area (Å²) in [5.41, 5.74) is -0.271. The molecular formula is C13H21F2N3O2S. The third-order valence-corrected chi connectivity index (χ3v) is 4.32. The highest BCUT2D eigenvalue weighted by Crippen LogP contribution is 2.20. The normalized spacial score (nSPS) is 12.1. The molecule has 5 nitrogen and oxygen atoms in total. The minimum atomic E-state index is -4.00. The maximum Gasteiger partial charge on any atom is 0.243 e. The highest BCUT2D eigenvalue weighted by atomic mass is 32.2. The Balaban J connectivity index is 3.01. The number of nitrogens with zero attached hydrogens (tertiary/aromatic N) is 1. The Kier molecular flexibility index (Phi) is 6.66. The summed E-state index contributed by atoms with van der Waals surface area (Å²) in [7, 11) is -0.411. The van der Waals surface area contributed by atoms with Crippen molar-refractivity contribution in [3.63, 3.8) is 0 Å². The highest BCUT2D eigenvalue weighted by molar-refractivity contribution is 7.89. The lowest BCUT2D eigenvalue weighted by Gasteiger charge is -2.13. The zero-order valence-corrected chi connectivity index (χ0v) is 13.2. The van der Waals surface area contributed by atoms with E-state index in [4.69, 9.17) is 0 Å². The number of likely N-dealkylation sites (N-methyl/N-ethyl adjacent to an activating group) is 1. The molecule has 1 aromatic carbocycles. The molecule has 0 aliphatic rings. The van der Waals surface area contributed by atoms with Crippen LogP contribution in [-0.4, -0.2) is 47.0 Å². The van der Waals surface area contributed by atoms with Gasteiger partial charge < -0.3 is 10.2 Å². The number of rotatable bonds is 8. The van der Waals surface area contributed by atoms with E-state index in [2.05, 4.69) is 10.0 Å². The first-order valence-electron chi connectivity index (χ1n) is 6.61. The van der Waals surface area contributed by atoms with Gasteiger partial charge in [-0.1, -0.05) is 6.92 Å². The van der Waals surface area contributed by atoms with Crippen LogP contribution in [0.1, 0.15) is 12.5 Å². The van der Waals surface area contributed by atoms with Crippen LogP contribution >= 0.6 is 0 Å². The average Bonchev–Trinajstić information content (AvgIpc) is 2.37. The van der Waals surface area contributed by atoms with Gasteiger partial charge in [-0.15, -0.1) is 0 Å². The summed E-state index contributed by atoms with van der Waals surface area (Å²) in [6.45, 7) is 2.88. The second kappa shape index (κ2) is 7.79. The fourth-order valence-electron chi connectivity index (χ4n) is 1.68. The van der Waals surface area contributed by atoms with Gasteiger partial charge in [0.05, 0.1) is 0 Å². The van der Waals surface area contributed by atoms with Crippen LogP contribution < -0.4 is 10.0 Å². The third kappa shape index (κ3) is 4.99. The van der Waals surface area contributed by atoms with Crippen molar-refractivity contribution in [3.8, 4) is 0 Å². The van der Waals surface area contributed by atoms with Crippen molar-refractivity contribution < 1.29 is 17.2 Å². The molecule has 0 amide bonds. The van der Waals surface area contributed by atoms with Crippen LogP contribution in [0, 0.1) is 11.6 Å². The van der Waals surface area contributed by atoms with Crippen LogP contribution in [-0.2, 0) is 16.6 Å². The average molecular weight is 321 g/mol. The Morgan fingerprint density at radius 1 is 1.24 bits per heavy atom. The first-order valence-corrected chi connectivity index (χ1v) is 8.10. The number of benzene rings is 1. The van der Waals surface area contributed by atoms with Gasteiger partial charge in [-0.05, 0) is 32.8 Å². The maximum atomic E-state index is 14.2. The minimum absolute atomic E-state index is 0.0603. The summed E-state index contributed by atoms with van der Waals surface area (Å²) < 4.78 is 54.2. The zero-order chi connectivity index (χ0) is 16.0. The molecular weight excluding hydrogens is 300 g/mol. The lowest BCUT2D eigenvalue weighted by atomic mass is 10.2. The smallest absolute Gasteiger partial charge is 0.243 e. The molecule has 8 heteroatoms. The Labute approximate surface area is 124 Å². The van der Waals surface area contributed by atoms with Gasteiger partial charge in [-0.3, -0.25) is 0 Å². The van der Waals surface area contributed by atoms with E-state index in [0.29, 0.717) is 13.1 Å². The molecule has 0 bridgehead atoms. The van der Waals surface area contributed by atoms with Gasteiger partial charge in [-0.25, -0.2) is 21.9 Å². The Hall–Kier alpha value is -1.09. The second-order valence-electron chi connectivity index (χ2n) is 4.82. The molecule has 0 spiro atoms. The Morgan fingerprint density at radius 2 is 1.90 bits per heavy atom. The zero-order valence-electron chi connectivity index (χ0n) is 12.4. The van der Waals surface area contributed by atoms with Crippen molar-refractivity contribution in [1.29, 1.82) is 0 Å². The molecule has 0 radical (unpaired) electrons. The lowest BCUT2D eigenvalue weighted by Crippen LogP contribution is -2.32. The third-order valence-electron chi connectivity index (χ3n) is 2.84. The van der Waals surface area contributed by atoms with E-state index in [9.17, 15) is 17.2 Å². The van der Waals surface area contributed by atoms with Gasteiger partial charge in [0, 0.05) is 25.2 Å². The first-order chi connectivity index (χ1) is 9.79. The van der Waals surface area contributed by atoms with Crippen LogP contribution in [0.3, 0.4) is 0 Å². The van der Waals surface area contributed by atoms with Crippen molar-refractivity contribution in [3.05, 3.63) is 29.3 Å². The molecule has 120 valence electrons. The van der Waals surface area contributed by atoms with Gasteiger partial charge in [-0.2, -0.15) is 0 Å². The maximum absolute atomic E-state index is 14.2. The van der Waals surface area contributed by atoms with E-state index in [1.54, 1.807) is 25.9 Å². The van der Waals surface area contributed by atoms with Gasteiger partial charge in [0.2, 0.25) is 10.0 Å². The molecule has 2 N–H and O–H groups in total. The SMILES string of the molecule is CCNCc1c(F)ccc(S(=O)(=O)NCCN(C)C)c1F. The van der Waals surface area contributed by atoms with Gasteiger partial charge >= 0.3 is 0 Å². The largest absolute Gasteiger partial charge is 0.313 e. The standard InChI is InChI=1S/C13H21F2N3O2S/c1-4-16-9-10-11(14)5-6-12(13(10)15)21(19,20)17-7-8-18(2)3/h5-6,16-17H,4,7-9H2,1-3H3. The number of halogens is 2. The minimum Gasteiger partial charge on any atom is -0.313 e. The number of nitrogens with one attached hydrogen (secondary N) is 2. The molecule has 1 rings (SSSR count). The molecule has 1 aromatic rings. The van der Waals surface area contributed by atoms with E-state index in [1.807, 2.05) is 0 Å². The Morgan fingerprint density at radius 3 is 2.48 bits per heavy atom. The van der Waals surface area contributed by atoms with Gasteiger partial charge in [0.25, 0.3) is 0 Å². The van der Waals surface area contributed by atoms with Crippen molar-refractivity contribution in [2.45, 2.75) is 18.4 Å². The summed E-state index contributed by atoms with van der Waals surface area (Å²) in [4.78, 5) is 1.26. The molecule has 21 heavy (non-hydrogen) atoms. The van der Waals surface area contributed by atoms with Crippen molar-refractivity contribution in [2.24, 2.45) is 0 Å². The number of sulfonamides is 1. The summed E-state index contributed by atoms with van der Waals surface area (Å²) in [6.07, 6.45) is 0. The van der Waals surface area contributed by atoms with E-state index < -0.39 is 26.6 Å². The predicted molar refractivity (Wildman–Crippen MR) is 77.5 cm³/mol. The van der Waals surface area contributed by atoms with Gasteiger partial charge in [0.15, 0.2) is 5.82 Å². The molecule has 0 atom stereocenters. The van der Waals surface area contributed by atoms with Gasteiger partial charge in [0.1, 0.15) is 10.7 Å². The summed E-state index contributed by atoms with van der Waals surface area (Å²) in [5, 5.41) is 2.78. The summed E-state index contributed by atoms with van der Waals surface area (Å²) >= 11 is 0. The summed E-state index contributed by atoms with van der Waals surface area (Å²) in [6, 6.07) is 1.91. The summed E-state index contributed by atoms with van der Waals surface area (Å²) in [5.74, 6) is -1.81. The van der Waals surface area contributed by atoms with E-state index in [-0.39, 0.29) is 18.7 Å². The molecule has 0 heterocycles. The fourth-order valence-corrected chi connectivity index (χ4v) is 2.80. The molecule has 0 aliphatic carbocycles. The van der Waals surface area contributed by atoms with E-state index in [0.717, 1.165) is 12.1 Å². The molecule has 0 fully saturated rings. The molecule has 0 saturated carbocycles. The molecule has 0 unspecified atom stereocenters. The van der Waals surface area contributed by atoms with Crippen LogP contribution in [0.4, 0.5) is 8.78 Å².